The summed E-state index contributed by atoms with van der Waals surface area (Å²) in [5.74, 6) is -0.795. The fourth-order valence-electron chi connectivity index (χ4n) is 3.67. The summed E-state index contributed by atoms with van der Waals surface area (Å²) in [5, 5.41) is 13.9. The van der Waals surface area contributed by atoms with Gasteiger partial charge in [0.2, 0.25) is 0 Å². The van der Waals surface area contributed by atoms with E-state index in [9.17, 15) is 19.1 Å². The number of benzene rings is 2. The highest BCUT2D eigenvalue weighted by molar-refractivity contribution is 6.09. The number of aromatic hydroxyl groups is 1. The Morgan fingerprint density at radius 2 is 2.06 bits per heavy atom. The van der Waals surface area contributed by atoms with Crippen LogP contribution in [0.3, 0.4) is 0 Å². The smallest absolute Gasteiger partial charge is 0.412 e. The molecule has 0 spiro atoms. The molecule has 2 N–H and O–H groups in total. The number of nitrogens with zero attached hydrogens (tertiary/aromatic N) is 2. The second-order valence-electron chi connectivity index (χ2n) is 7.39. The van der Waals surface area contributed by atoms with Crippen molar-refractivity contribution in [2.45, 2.75) is 32.9 Å². The molecule has 1 aromatic heterocycles. The van der Waals surface area contributed by atoms with Crippen LogP contribution in [0.2, 0.25) is 0 Å². The predicted octanol–water partition coefficient (Wildman–Crippen LogP) is 4.12. The summed E-state index contributed by atoms with van der Waals surface area (Å²) in [4.78, 5) is 31.1. The van der Waals surface area contributed by atoms with Crippen molar-refractivity contribution in [3.8, 4) is 11.5 Å². The SMILES string of the molecule is CCCCNC(=O)Oc1c2c(c(O)c3ncccc13)C(=O)N(Cc1ccc(F)cc1)C2. The number of carbonyl (C=O) groups is 2. The second kappa shape index (κ2) is 8.59. The minimum absolute atomic E-state index is 0.0738. The van der Waals surface area contributed by atoms with Gasteiger partial charge in [-0.3, -0.25) is 9.78 Å². The molecule has 8 heteroatoms. The lowest BCUT2D eigenvalue weighted by atomic mass is 10.0. The molecule has 2 heterocycles. The van der Waals surface area contributed by atoms with Crippen molar-refractivity contribution in [1.29, 1.82) is 0 Å². The summed E-state index contributed by atoms with van der Waals surface area (Å²) in [7, 11) is 0. The number of pyridine rings is 1. The number of phenols is 1. The second-order valence-corrected chi connectivity index (χ2v) is 7.39. The Hall–Kier alpha value is -3.68. The van der Waals surface area contributed by atoms with Crippen molar-refractivity contribution < 1.29 is 23.8 Å². The van der Waals surface area contributed by atoms with Crippen molar-refractivity contribution >= 4 is 22.9 Å². The molecule has 4 rings (SSSR count). The molecule has 0 saturated heterocycles. The maximum atomic E-state index is 13.2. The van der Waals surface area contributed by atoms with Crippen molar-refractivity contribution in [3.05, 3.63) is 65.1 Å². The summed E-state index contributed by atoms with van der Waals surface area (Å²) >= 11 is 0. The number of carbonyl (C=O) groups excluding carboxylic acids is 2. The fourth-order valence-corrected chi connectivity index (χ4v) is 3.67. The van der Waals surface area contributed by atoms with E-state index in [1.807, 2.05) is 6.92 Å². The maximum absolute atomic E-state index is 13.2. The highest BCUT2D eigenvalue weighted by Crippen LogP contribution is 2.44. The zero-order valence-electron chi connectivity index (χ0n) is 17.0. The van der Waals surface area contributed by atoms with Crippen LogP contribution >= 0.6 is 0 Å². The number of halogens is 1. The first-order valence-corrected chi connectivity index (χ1v) is 10.1. The molecule has 2 aromatic carbocycles. The number of aromatic nitrogens is 1. The molecular weight excluding hydrogens is 401 g/mol. The molecule has 1 aliphatic heterocycles. The van der Waals surface area contributed by atoms with Crippen LogP contribution in [0.5, 0.6) is 11.5 Å². The third-order valence-electron chi connectivity index (χ3n) is 5.22. The first kappa shape index (κ1) is 20.6. The van der Waals surface area contributed by atoms with E-state index >= 15 is 0 Å². The number of ether oxygens (including phenoxy) is 1. The van der Waals surface area contributed by atoms with Gasteiger partial charge in [-0.05, 0) is 36.2 Å². The van der Waals surface area contributed by atoms with E-state index in [2.05, 4.69) is 10.3 Å². The normalized spacial score (nSPS) is 12.8. The van der Waals surface area contributed by atoms with Gasteiger partial charge < -0.3 is 20.1 Å². The van der Waals surface area contributed by atoms with Gasteiger partial charge in [0, 0.05) is 30.2 Å². The Bertz CT molecular complexity index is 1150. The number of hydrogen-bond acceptors (Lipinski definition) is 5. The Labute approximate surface area is 178 Å². The predicted molar refractivity (Wildman–Crippen MR) is 112 cm³/mol. The van der Waals surface area contributed by atoms with Crippen LogP contribution < -0.4 is 10.1 Å². The first-order valence-electron chi connectivity index (χ1n) is 10.1. The molecule has 0 unspecified atom stereocenters. The molecule has 0 aliphatic carbocycles. The van der Waals surface area contributed by atoms with Crippen molar-refractivity contribution in [2.24, 2.45) is 0 Å². The molecule has 1 aliphatic rings. The number of nitrogens with one attached hydrogen (secondary N) is 1. The number of unbranched alkanes of at least 4 members (excludes halogenated alkanes) is 1. The number of fused-ring (bicyclic) bond motifs is 2. The van der Waals surface area contributed by atoms with Crippen molar-refractivity contribution in [2.75, 3.05) is 6.54 Å². The molecule has 3 aromatic rings. The van der Waals surface area contributed by atoms with E-state index in [4.69, 9.17) is 4.74 Å². The van der Waals surface area contributed by atoms with Gasteiger partial charge in [-0.15, -0.1) is 0 Å². The van der Waals surface area contributed by atoms with Gasteiger partial charge in [-0.1, -0.05) is 25.5 Å². The van der Waals surface area contributed by atoms with Crippen LogP contribution in [0.4, 0.5) is 9.18 Å². The topological polar surface area (TPSA) is 91.8 Å². The third kappa shape index (κ3) is 4.01. The summed E-state index contributed by atoms with van der Waals surface area (Å²) in [6, 6.07) is 9.21. The largest absolute Gasteiger partial charge is 0.505 e. The minimum atomic E-state index is -0.629. The van der Waals surface area contributed by atoms with E-state index in [0.29, 0.717) is 17.5 Å². The summed E-state index contributed by atoms with van der Waals surface area (Å²) in [6.45, 7) is 2.85. The van der Waals surface area contributed by atoms with Gasteiger partial charge in [-0.2, -0.15) is 0 Å². The maximum Gasteiger partial charge on any atom is 0.412 e. The molecule has 0 saturated carbocycles. The summed E-state index contributed by atoms with van der Waals surface area (Å²) < 4.78 is 18.8. The van der Waals surface area contributed by atoms with Crippen LogP contribution in [0.1, 0.15) is 41.3 Å². The Balaban J connectivity index is 1.71. The Morgan fingerprint density at radius 1 is 1.29 bits per heavy atom. The lowest BCUT2D eigenvalue weighted by Crippen LogP contribution is -2.28. The number of amides is 2. The van der Waals surface area contributed by atoms with E-state index < -0.39 is 12.0 Å². The van der Waals surface area contributed by atoms with Crippen molar-refractivity contribution in [1.82, 2.24) is 15.2 Å². The first-order chi connectivity index (χ1) is 15.0. The van der Waals surface area contributed by atoms with Crippen LogP contribution in [0, 0.1) is 5.82 Å². The minimum Gasteiger partial charge on any atom is -0.505 e. The van der Waals surface area contributed by atoms with Gasteiger partial charge in [0.15, 0.2) is 5.75 Å². The van der Waals surface area contributed by atoms with Gasteiger partial charge in [0.25, 0.3) is 5.91 Å². The van der Waals surface area contributed by atoms with Crippen LogP contribution in [-0.4, -0.2) is 33.5 Å². The molecular formula is C23H22FN3O4. The highest BCUT2D eigenvalue weighted by Gasteiger charge is 2.36. The van der Waals surface area contributed by atoms with Gasteiger partial charge in [-0.25, -0.2) is 9.18 Å². The lowest BCUT2D eigenvalue weighted by molar-refractivity contribution is 0.0764. The molecule has 160 valence electrons. The Morgan fingerprint density at radius 3 is 2.81 bits per heavy atom. The number of hydrogen-bond donors (Lipinski definition) is 2. The monoisotopic (exact) mass is 423 g/mol. The average molecular weight is 423 g/mol. The zero-order chi connectivity index (χ0) is 22.0. The molecule has 2 amide bonds. The molecule has 31 heavy (non-hydrogen) atoms. The number of rotatable bonds is 6. The summed E-state index contributed by atoms with van der Waals surface area (Å²) in [5.41, 5.74) is 1.43. The van der Waals surface area contributed by atoms with Gasteiger partial charge in [0.1, 0.15) is 17.1 Å². The zero-order valence-corrected chi connectivity index (χ0v) is 17.0. The molecule has 0 radical (unpaired) electrons. The Kier molecular flexibility index (Phi) is 5.70. The van der Waals surface area contributed by atoms with Crippen molar-refractivity contribution in [3.63, 3.8) is 0 Å². The standard InChI is InChI=1S/C23H22FN3O4/c1-2-3-10-26-23(30)31-21-16-5-4-11-25-19(16)20(28)18-17(21)13-27(22(18)29)12-14-6-8-15(24)9-7-14/h4-9,11,28H,2-3,10,12-13H2,1H3,(H,26,30). The van der Waals surface area contributed by atoms with Gasteiger partial charge >= 0.3 is 6.09 Å². The van der Waals surface area contributed by atoms with Crippen LogP contribution in [0.15, 0.2) is 42.6 Å². The molecule has 0 atom stereocenters. The van der Waals surface area contributed by atoms with Crippen LogP contribution in [-0.2, 0) is 13.1 Å². The molecule has 0 fully saturated rings. The van der Waals surface area contributed by atoms with E-state index in [-0.39, 0.29) is 41.5 Å². The fraction of sp³-hybridized carbons (Fsp3) is 0.261. The van der Waals surface area contributed by atoms with Crippen LogP contribution in [0.25, 0.3) is 10.9 Å². The third-order valence-corrected chi connectivity index (χ3v) is 5.22. The highest BCUT2D eigenvalue weighted by atomic mass is 19.1. The molecule has 7 nitrogen and oxygen atoms in total. The van der Waals surface area contributed by atoms with E-state index in [1.54, 1.807) is 24.3 Å². The molecule has 0 bridgehead atoms. The van der Waals surface area contributed by atoms with E-state index in [1.165, 1.54) is 23.2 Å². The summed E-state index contributed by atoms with van der Waals surface area (Å²) in [6.07, 6.45) is 2.61. The number of phenolic OH excluding ortho intramolecular Hbond substituents is 1. The quantitative estimate of drug-likeness (QED) is 0.582. The van der Waals surface area contributed by atoms with Gasteiger partial charge in [0.05, 0.1) is 12.1 Å². The lowest BCUT2D eigenvalue weighted by Gasteiger charge is -2.16. The average Bonchev–Trinajstić information content (AvgIpc) is 3.09. The van der Waals surface area contributed by atoms with E-state index in [0.717, 1.165) is 18.4 Å².